The Balaban J connectivity index is 0. The van der Waals surface area contributed by atoms with E-state index in [1.807, 2.05) is 5.32 Å². The lowest BCUT2D eigenvalue weighted by Crippen LogP contribution is -2.61. The van der Waals surface area contributed by atoms with Gasteiger partial charge in [-0.3, -0.25) is 4.90 Å². The summed E-state index contributed by atoms with van der Waals surface area (Å²) in [5.41, 5.74) is -0.0980. The van der Waals surface area contributed by atoms with E-state index in [9.17, 15) is 19.8 Å². The molecule has 142 valence electrons. The molecule has 1 fully saturated rings. The molecule has 0 aromatic carbocycles. The molecule has 1 heterocycles. The maximum absolute atomic E-state index is 9.41. The molecule has 1 rings (SSSR count). The number of rotatable bonds is 5. The highest BCUT2D eigenvalue weighted by Crippen LogP contribution is 2.27. The number of carboxylic acids is 2. The van der Waals surface area contributed by atoms with Gasteiger partial charge in [0.15, 0.2) is 0 Å². The first kappa shape index (κ1) is 24.7. The van der Waals surface area contributed by atoms with Crippen LogP contribution in [0.4, 0.5) is 4.79 Å². The number of amides is 1. The zero-order valence-electron chi connectivity index (χ0n) is 14.5. The monoisotopic (exact) mass is 355 g/mol. The average Bonchev–Trinajstić information content (AvgIpc) is 2.54. The molecule has 2 N–H and O–H groups in total. The molecule has 0 saturated carbocycles. The minimum atomic E-state index is -1.55. The van der Waals surface area contributed by atoms with E-state index in [1.54, 1.807) is 0 Å². The third-order valence-electron chi connectivity index (χ3n) is 3.47. The number of nitrogens with zero attached hydrogens (tertiary/aromatic N) is 1. The summed E-state index contributed by atoms with van der Waals surface area (Å²) in [5, 5.41) is 39.0. The summed E-state index contributed by atoms with van der Waals surface area (Å²) >= 11 is 0. The predicted molar refractivity (Wildman–Crippen MR) is 83.3 cm³/mol. The second-order valence-corrected chi connectivity index (χ2v) is 4.95. The van der Waals surface area contributed by atoms with Crippen molar-refractivity contribution in [2.75, 3.05) is 20.1 Å². The number of carbonyl (C=O) groups excluding carboxylic acids is 3. The number of likely N-dealkylation sites (tertiary alicyclic amines) is 1. The van der Waals surface area contributed by atoms with Gasteiger partial charge in [0, 0.05) is 20.1 Å². The average molecular weight is 355 g/mol. The third kappa shape index (κ3) is 10.8. The van der Waals surface area contributed by atoms with Crippen molar-refractivity contribution >= 4 is 18.0 Å². The van der Waals surface area contributed by atoms with Crippen LogP contribution in [0.5, 0.6) is 0 Å². The zero-order chi connectivity index (χ0) is 20.0. The van der Waals surface area contributed by atoms with Gasteiger partial charge in [0.05, 0.1) is 23.6 Å². The van der Waals surface area contributed by atoms with Crippen LogP contribution < -0.4 is 20.6 Å². The van der Waals surface area contributed by atoms with Crippen molar-refractivity contribution in [2.45, 2.75) is 38.3 Å². The van der Waals surface area contributed by atoms with Crippen molar-refractivity contribution in [1.82, 2.24) is 10.2 Å². The molecule has 9 heteroatoms. The summed E-state index contributed by atoms with van der Waals surface area (Å²) < 4.78 is 0. The standard InChI is InChI=1S/C10H17NO.C4H4O4.C2H5NO2/c1-4-10(5-2,6-3)11-7-9(12)8-11;5-3(6)1-2-4(7)8;1-3-2(4)5/h1,9,12H,5-8H2,2-3H3;1-2H,(H,5,6)(H,7,8);3H,1H3,(H,4,5)/p-3/b;2-1+;. The molecular weight excluding hydrogens is 332 g/mol. The number of hydrogen-bond acceptors (Lipinski definition) is 8. The van der Waals surface area contributed by atoms with Crippen LogP contribution in [0.2, 0.25) is 0 Å². The Morgan fingerprint density at radius 2 is 1.56 bits per heavy atom. The van der Waals surface area contributed by atoms with E-state index in [0.29, 0.717) is 12.2 Å². The number of aliphatic hydroxyl groups excluding tert-OH is 1. The third-order valence-corrected chi connectivity index (χ3v) is 3.47. The lowest BCUT2D eigenvalue weighted by atomic mass is 9.88. The fraction of sp³-hybridized carbons (Fsp3) is 0.562. The summed E-state index contributed by atoms with van der Waals surface area (Å²) in [6, 6.07) is 0. The number of carbonyl (C=O) groups is 3. The Kier molecular flexibility index (Phi) is 12.6. The van der Waals surface area contributed by atoms with E-state index in [1.165, 1.54) is 7.05 Å². The molecule has 1 aliphatic heterocycles. The Morgan fingerprint density at radius 3 is 1.72 bits per heavy atom. The van der Waals surface area contributed by atoms with E-state index < -0.39 is 18.0 Å². The number of β-amino-alcohol motifs (C(OH)–C–C–N with tert-alkyl or cyclic N) is 1. The van der Waals surface area contributed by atoms with E-state index in [0.717, 1.165) is 25.9 Å². The van der Waals surface area contributed by atoms with E-state index in [2.05, 4.69) is 24.7 Å². The zero-order valence-corrected chi connectivity index (χ0v) is 14.5. The van der Waals surface area contributed by atoms with Crippen molar-refractivity contribution in [3.63, 3.8) is 0 Å². The maximum atomic E-state index is 9.41. The quantitative estimate of drug-likeness (QED) is 0.379. The molecule has 0 aromatic rings. The SMILES string of the molecule is C#CC(CC)(CC)N1CC(O)C1.CNC(=O)[O-].O=C([O-])/C=C/C(=O)[O-]. The highest BCUT2D eigenvalue weighted by atomic mass is 16.4. The van der Waals surface area contributed by atoms with Gasteiger partial charge in [-0.25, -0.2) is 0 Å². The van der Waals surface area contributed by atoms with Gasteiger partial charge in [-0.2, -0.15) is 0 Å². The number of hydrogen-bond donors (Lipinski definition) is 2. The summed E-state index contributed by atoms with van der Waals surface area (Å²) in [6.45, 7) is 5.69. The first-order valence-electron chi connectivity index (χ1n) is 7.48. The van der Waals surface area contributed by atoms with Crippen LogP contribution in [0.3, 0.4) is 0 Å². The van der Waals surface area contributed by atoms with Crippen LogP contribution in [0, 0.1) is 12.3 Å². The van der Waals surface area contributed by atoms with Crippen LogP contribution >= 0.6 is 0 Å². The van der Waals surface area contributed by atoms with Gasteiger partial charge in [-0.1, -0.05) is 19.8 Å². The maximum Gasteiger partial charge on any atom is 0.133 e. The molecule has 1 saturated heterocycles. The van der Waals surface area contributed by atoms with Gasteiger partial charge in [0.25, 0.3) is 0 Å². The minimum Gasteiger partial charge on any atom is -0.545 e. The van der Waals surface area contributed by atoms with E-state index >= 15 is 0 Å². The molecule has 1 amide bonds. The van der Waals surface area contributed by atoms with E-state index in [-0.39, 0.29) is 11.6 Å². The van der Waals surface area contributed by atoms with Gasteiger partial charge in [-0.15, -0.1) is 6.42 Å². The molecule has 0 atom stereocenters. The van der Waals surface area contributed by atoms with Crippen LogP contribution in [0.1, 0.15) is 26.7 Å². The highest BCUT2D eigenvalue weighted by Gasteiger charge is 2.39. The molecule has 0 unspecified atom stereocenters. The lowest BCUT2D eigenvalue weighted by molar-refractivity contribution is -0.301. The van der Waals surface area contributed by atoms with Gasteiger partial charge < -0.3 is 40.1 Å². The largest absolute Gasteiger partial charge is 0.545 e. The first-order valence-corrected chi connectivity index (χ1v) is 7.48. The second kappa shape index (κ2) is 12.8. The Labute approximate surface area is 147 Å². The molecule has 0 bridgehead atoms. The van der Waals surface area contributed by atoms with Crippen LogP contribution in [-0.4, -0.2) is 59.8 Å². The van der Waals surface area contributed by atoms with Crippen LogP contribution in [-0.2, 0) is 9.59 Å². The summed E-state index contributed by atoms with van der Waals surface area (Å²) in [6.07, 6.45) is 6.81. The van der Waals surface area contributed by atoms with Gasteiger partial charge in [-0.05, 0) is 25.0 Å². The second-order valence-electron chi connectivity index (χ2n) is 4.95. The van der Waals surface area contributed by atoms with Gasteiger partial charge in [0.2, 0.25) is 0 Å². The topological polar surface area (TPSA) is 156 Å². The molecule has 25 heavy (non-hydrogen) atoms. The van der Waals surface area contributed by atoms with Gasteiger partial charge in [0.1, 0.15) is 6.09 Å². The van der Waals surface area contributed by atoms with Crippen LogP contribution in [0.25, 0.3) is 0 Å². The van der Waals surface area contributed by atoms with Crippen molar-refractivity contribution in [1.29, 1.82) is 0 Å². The number of carboxylic acid groups (broad SMARTS) is 3. The smallest absolute Gasteiger partial charge is 0.133 e. The minimum absolute atomic E-state index is 0.0980. The first-order chi connectivity index (χ1) is 11.6. The van der Waals surface area contributed by atoms with Gasteiger partial charge >= 0.3 is 0 Å². The summed E-state index contributed by atoms with van der Waals surface area (Å²) in [5.74, 6) is -0.242. The Bertz CT molecular complexity index is 485. The normalized spacial score (nSPS) is 14.0. The number of aliphatic hydroxyl groups is 1. The molecule has 0 spiro atoms. The van der Waals surface area contributed by atoms with Crippen molar-refractivity contribution < 1.29 is 34.8 Å². The molecule has 0 radical (unpaired) electrons. The van der Waals surface area contributed by atoms with Crippen molar-refractivity contribution in [3.8, 4) is 12.3 Å². The number of terminal acetylenes is 1. The highest BCUT2D eigenvalue weighted by molar-refractivity contribution is 5.87. The summed E-state index contributed by atoms with van der Waals surface area (Å²) in [4.78, 5) is 30.2. The van der Waals surface area contributed by atoms with Crippen molar-refractivity contribution in [3.05, 3.63) is 12.2 Å². The fourth-order valence-electron chi connectivity index (χ4n) is 1.93. The molecular formula is C16H23N2O7-3. The Morgan fingerprint density at radius 1 is 1.20 bits per heavy atom. The summed E-state index contributed by atoms with van der Waals surface area (Å²) in [7, 11) is 1.29. The molecule has 1 aliphatic rings. The molecule has 0 aliphatic carbocycles. The predicted octanol–water partition coefficient (Wildman–Crippen LogP) is -3.55. The van der Waals surface area contributed by atoms with Crippen molar-refractivity contribution in [2.24, 2.45) is 0 Å². The van der Waals surface area contributed by atoms with E-state index in [4.69, 9.17) is 21.4 Å². The lowest BCUT2D eigenvalue weighted by Gasteiger charge is -2.47. The molecule has 9 nitrogen and oxygen atoms in total. The fourth-order valence-corrected chi connectivity index (χ4v) is 1.93. The number of aliphatic carboxylic acids is 2. The number of nitrogens with one attached hydrogen (secondary N) is 1. The Hall–Kier alpha value is -2.57. The van der Waals surface area contributed by atoms with Crippen LogP contribution in [0.15, 0.2) is 12.2 Å². The molecule has 0 aromatic heterocycles.